The zero-order valence-corrected chi connectivity index (χ0v) is 9.67. The zero-order valence-electron chi connectivity index (χ0n) is 7.51. The molecule has 1 aromatic carbocycles. The molecule has 1 aromatic rings. The fourth-order valence-electron chi connectivity index (χ4n) is 1.30. The summed E-state index contributed by atoms with van der Waals surface area (Å²) in [6, 6.07) is 8.26. The van der Waals surface area contributed by atoms with Gasteiger partial charge in [-0.05, 0) is 47.6 Å². The van der Waals surface area contributed by atoms with E-state index in [1.807, 2.05) is 12.1 Å². The molecule has 2 nitrogen and oxygen atoms in total. The summed E-state index contributed by atoms with van der Waals surface area (Å²) >= 11 is 2.33. The number of methoxy groups -OCH3 is 1. The van der Waals surface area contributed by atoms with E-state index in [-0.39, 0.29) is 5.72 Å². The summed E-state index contributed by atoms with van der Waals surface area (Å²) in [7, 11) is 1.76. The van der Waals surface area contributed by atoms with Gasteiger partial charge in [-0.3, -0.25) is 0 Å². The second kappa shape index (κ2) is 3.46. The smallest absolute Gasteiger partial charge is 0.138 e. The standard InChI is InChI=1S/C10H12INO/c1-13-10(6-7-10)12-9-5-3-2-4-8(9)11/h2-5,12H,6-7H2,1H3. The molecule has 3 heteroatoms. The highest BCUT2D eigenvalue weighted by atomic mass is 127. The van der Waals surface area contributed by atoms with Gasteiger partial charge < -0.3 is 10.1 Å². The molecule has 1 aliphatic rings. The summed E-state index contributed by atoms with van der Waals surface area (Å²) in [6.45, 7) is 0. The molecule has 0 atom stereocenters. The van der Waals surface area contributed by atoms with Crippen LogP contribution in [-0.4, -0.2) is 12.8 Å². The van der Waals surface area contributed by atoms with E-state index in [9.17, 15) is 0 Å². The summed E-state index contributed by atoms with van der Waals surface area (Å²) in [5, 5.41) is 3.42. The SMILES string of the molecule is COC1(Nc2ccccc2I)CC1. The predicted octanol–water partition coefficient (Wildman–Crippen LogP) is 2.84. The molecule has 0 amide bonds. The van der Waals surface area contributed by atoms with Gasteiger partial charge in [0.05, 0.1) is 0 Å². The van der Waals surface area contributed by atoms with E-state index in [4.69, 9.17) is 4.74 Å². The molecule has 1 fully saturated rings. The van der Waals surface area contributed by atoms with Crippen molar-refractivity contribution in [2.45, 2.75) is 18.6 Å². The zero-order chi connectivity index (χ0) is 9.31. The lowest BCUT2D eigenvalue weighted by Gasteiger charge is -2.17. The van der Waals surface area contributed by atoms with Gasteiger partial charge in [0.25, 0.3) is 0 Å². The molecule has 0 bridgehead atoms. The van der Waals surface area contributed by atoms with Crippen LogP contribution in [0.3, 0.4) is 0 Å². The lowest BCUT2D eigenvalue weighted by molar-refractivity contribution is 0.104. The lowest BCUT2D eigenvalue weighted by Crippen LogP contribution is -2.23. The first kappa shape index (κ1) is 9.27. The second-order valence-electron chi connectivity index (χ2n) is 3.30. The van der Waals surface area contributed by atoms with E-state index in [1.54, 1.807) is 7.11 Å². The van der Waals surface area contributed by atoms with E-state index in [0.717, 1.165) is 12.8 Å². The van der Waals surface area contributed by atoms with E-state index in [1.165, 1.54) is 9.26 Å². The highest BCUT2D eigenvalue weighted by Gasteiger charge is 2.43. The third-order valence-electron chi connectivity index (χ3n) is 2.33. The quantitative estimate of drug-likeness (QED) is 0.682. The van der Waals surface area contributed by atoms with Crippen molar-refractivity contribution in [3.8, 4) is 0 Å². The van der Waals surface area contributed by atoms with E-state index in [0.29, 0.717) is 0 Å². The number of nitrogens with one attached hydrogen (secondary N) is 1. The molecule has 70 valence electrons. The second-order valence-corrected chi connectivity index (χ2v) is 4.47. The van der Waals surface area contributed by atoms with E-state index in [2.05, 4.69) is 40.0 Å². The van der Waals surface area contributed by atoms with Crippen LogP contribution in [0.4, 0.5) is 5.69 Å². The van der Waals surface area contributed by atoms with Crippen LogP contribution in [0, 0.1) is 3.57 Å². The first-order valence-corrected chi connectivity index (χ1v) is 5.41. The first-order chi connectivity index (χ1) is 6.26. The highest BCUT2D eigenvalue weighted by Crippen LogP contribution is 2.40. The van der Waals surface area contributed by atoms with Crippen molar-refractivity contribution in [2.24, 2.45) is 0 Å². The fraction of sp³-hybridized carbons (Fsp3) is 0.400. The average molecular weight is 289 g/mol. The lowest BCUT2D eigenvalue weighted by atomic mass is 10.3. The summed E-state index contributed by atoms with van der Waals surface area (Å²) in [5.74, 6) is 0. The maximum Gasteiger partial charge on any atom is 0.138 e. The number of rotatable bonds is 3. The number of hydrogen-bond donors (Lipinski definition) is 1. The third kappa shape index (κ3) is 1.96. The van der Waals surface area contributed by atoms with Gasteiger partial charge in [-0.2, -0.15) is 0 Å². The Morgan fingerprint density at radius 1 is 1.38 bits per heavy atom. The maximum absolute atomic E-state index is 5.39. The van der Waals surface area contributed by atoms with Crippen molar-refractivity contribution >= 4 is 28.3 Å². The van der Waals surface area contributed by atoms with Crippen LogP contribution in [-0.2, 0) is 4.74 Å². The average Bonchev–Trinajstić information content (AvgIpc) is 2.90. The van der Waals surface area contributed by atoms with Crippen LogP contribution in [0.1, 0.15) is 12.8 Å². The van der Waals surface area contributed by atoms with Crippen LogP contribution < -0.4 is 5.32 Å². The topological polar surface area (TPSA) is 21.3 Å². The Balaban J connectivity index is 2.14. The summed E-state index contributed by atoms with van der Waals surface area (Å²) in [6.07, 6.45) is 2.21. The minimum Gasteiger partial charge on any atom is -0.359 e. The van der Waals surface area contributed by atoms with Crippen LogP contribution in [0.25, 0.3) is 0 Å². The van der Waals surface area contributed by atoms with Gasteiger partial charge in [0, 0.05) is 16.4 Å². The Morgan fingerprint density at radius 3 is 2.62 bits per heavy atom. The van der Waals surface area contributed by atoms with Gasteiger partial charge in [-0.1, -0.05) is 12.1 Å². The molecule has 1 N–H and O–H groups in total. The van der Waals surface area contributed by atoms with Crippen molar-refractivity contribution in [3.63, 3.8) is 0 Å². The summed E-state index contributed by atoms with van der Waals surface area (Å²) in [4.78, 5) is 0. The number of anilines is 1. The third-order valence-corrected chi connectivity index (χ3v) is 3.27. The summed E-state index contributed by atoms with van der Waals surface area (Å²) in [5.41, 5.74) is 1.10. The predicted molar refractivity (Wildman–Crippen MR) is 61.8 cm³/mol. The van der Waals surface area contributed by atoms with Gasteiger partial charge in [0.15, 0.2) is 0 Å². The number of halogens is 1. The highest BCUT2D eigenvalue weighted by molar-refractivity contribution is 14.1. The van der Waals surface area contributed by atoms with Crippen LogP contribution in [0.2, 0.25) is 0 Å². The molecule has 0 saturated heterocycles. The number of para-hydroxylation sites is 1. The van der Waals surface area contributed by atoms with Crippen molar-refractivity contribution in [1.29, 1.82) is 0 Å². The molecule has 0 unspecified atom stereocenters. The van der Waals surface area contributed by atoms with Gasteiger partial charge >= 0.3 is 0 Å². The molecule has 0 heterocycles. The van der Waals surface area contributed by atoms with Crippen LogP contribution in [0.5, 0.6) is 0 Å². The molecular formula is C10H12INO. The summed E-state index contributed by atoms with van der Waals surface area (Å²) < 4.78 is 6.63. The molecule has 0 aliphatic heterocycles. The van der Waals surface area contributed by atoms with Crippen molar-refractivity contribution < 1.29 is 4.74 Å². The van der Waals surface area contributed by atoms with Crippen molar-refractivity contribution in [1.82, 2.24) is 0 Å². The van der Waals surface area contributed by atoms with Crippen molar-refractivity contribution in [2.75, 3.05) is 12.4 Å². The minimum absolute atomic E-state index is 0.0682. The van der Waals surface area contributed by atoms with Gasteiger partial charge in [0.2, 0.25) is 0 Å². The number of ether oxygens (including phenoxy) is 1. The Morgan fingerprint density at radius 2 is 2.08 bits per heavy atom. The molecule has 0 spiro atoms. The van der Waals surface area contributed by atoms with E-state index < -0.39 is 0 Å². The molecule has 1 saturated carbocycles. The first-order valence-electron chi connectivity index (χ1n) is 4.34. The maximum atomic E-state index is 5.39. The van der Waals surface area contributed by atoms with E-state index >= 15 is 0 Å². The Bertz CT molecular complexity index is 310. The number of hydrogen-bond acceptors (Lipinski definition) is 2. The molecule has 2 rings (SSSR count). The normalized spacial score (nSPS) is 18.3. The van der Waals surface area contributed by atoms with Crippen LogP contribution >= 0.6 is 22.6 Å². The molecule has 0 aromatic heterocycles. The monoisotopic (exact) mass is 289 g/mol. The van der Waals surface area contributed by atoms with Gasteiger partial charge in [-0.15, -0.1) is 0 Å². The molecular weight excluding hydrogens is 277 g/mol. The van der Waals surface area contributed by atoms with Gasteiger partial charge in [-0.25, -0.2) is 0 Å². The minimum atomic E-state index is -0.0682. The van der Waals surface area contributed by atoms with Gasteiger partial charge in [0.1, 0.15) is 5.72 Å². The van der Waals surface area contributed by atoms with Crippen molar-refractivity contribution in [3.05, 3.63) is 27.8 Å². The Labute approximate surface area is 91.8 Å². The Kier molecular flexibility index (Phi) is 2.47. The van der Waals surface area contributed by atoms with Crippen LogP contribution in [0.15, 0.2) is 24.3 Å². The molecule has 0 radical (unpaired) electrons. The molecule has 1 aliphatic carbocycles. The Hall–Kier alpha value is -0.290. The fourth-order valence-corrected chi connectivity index (χ4v) is 1.82. The molecule has 13 heavy (non-hydrogen) atoms. The number of benzene rings is 1. The largest absolute Gasteiger partial charge is 0.359 e.